The summed E-state index contributed by atoms with van der Waals surface area (Å²) < 4.78 is 0. The summed E-state index contributed by atoms with van der Waals surface area (Å²) in [4.78, 5) is 23.5. The molecule has 4 heteroatoms. The monoisotopic (exact) mass is 274 g/mol. The van der Waals surface area contributed by atoms with E-state index in [0.717, 1.165) is 11.1 Å². The molecule has 0 spiro atoms. The highest BCUT2D eigenvalue weighted by Crippen LogP contribution is 2.12. The van der Waals surface area contributed by atoms with Crippen LogP contribution in [0.25, 0.3) is 6.08 Å². The Kier molecular flexibility index (Phi) is 5.08. The zero-order chi connectivity index (χ0) is 15.3. The van der Waals surface area contributed by atoms with Gasteiger partial charge in [0, 0.05) is 12.5 Å². The number of carbonyl (C=O) groups excluding carboxylic acids is 2. The van der Waals surface area contributed by atoms with Crippen molar-refractivity contribution in [1.29, 1.82) is 0 Å². The van der Waals surface area contributed by atoms with E-state index in [1.54, 1.807) is 6.08 Å². The van der Waals surface area contributed by atoms with E-state index in [4.69, 9.17) is 0 Å². The Labute approximate surface area is 120 Å². The van der Waals surface area contributed by atoms with Gasteiger partial charge in [-0.25, -0.2) is 0 Å². The Morgan fingerprint density at radius 3 is 2.25 bits per heavy atom. The standard InChI is InChI=1S/C16H22N2O2/c1-11-8-6-7-9-13(11)10-14(17-12(2)19)15(20)18-16(3,4)5/h6-10H,1-5H3,(H,17,19)(H,18,20). The molecule has 0 heterocycles. The first-order valence-corrected chi connectivity index (χ1v) is 6.56. The van der Waals surface area contributed by atoms with Gasteiger partial charge in [0.25, 0.3) is 5.91 Å². The van der Waals surface area contributed by atoms with Crippen molar-refractivity contribution in [3.63, 3.8) is 0 Å². The van der Waals surface area contributed by atoms with Crippen molar-refractivity contribution in [2.45, 2.75) is 40.2 Å². The Morgan fingerprint density at radius 2 is 1.75 bits per heavy atom. The second kappa shape index (κ2) is 6.37. The van der Waals surface area contributed by atoms with Crippen LogP contribution in [0, 0.1) is 6.92 Å². The lowest BCUT2D eigenvalue weighted by Crippen LogP contribution is -2.44. The predicted octanol–water partition coefficient (Wildman–Crippen LogP) is 2.39. The normalized spacial score (nSPS) is 11.9. The van der Waals surface area contributed by atoms with E-state index in [1.165, 1.54) is 6.92 Å². The highest BCUT2D eigenvalue weighted by atomic mass is 16.2. The fourth-order valence-corrected chi connectivity index (χ4v) is 1.66. The summed E-state index contributed by atoms with van der Waals surface area (Å²) in [6.45, 7) is 9.02. The molecular weight excluding hydrogens is 252 g/mol. The summed E-state index contributed by atoms with van der Waals surface area (Å²) in [5.74, 6) is -0.565. The molecule has 0 atom stereocenters. The molecule has 0 unspecified atom stereocenters. The maximum absolute atomic E-state index is 12.2. The molecule has 2 N–H and O–H groups in total. The van der Waals surface area contributed by atoms with Gasteiger partial charge in [0.05, 0.1) is 0 Å². The lowest BCUT2D eigenvalue weighted by atomic mass is 10.1. The van der Waals surface area contributed by atoms with Crippen LogP contribution < -0.4 is 10.6 Å². The van der Waals surface area contributed by atoms with E-state index in [0.29, 0.717) is 0 Å². The SMILES string of the molecule is CC(=O)NC(=Cc1ccccc1C)C(=O)NC(C)(C)C. The van der Waals surface area contributed by atoms with E-state index in [1.807, 2.05) is 52.0 Å². The Morgan fingerprint density at radius 1 is 1.15 bits per heavy atom. The molecule has 0 fully saturated rings. The minimum Gasteiger partial charge on any atom is -0.346 e. The largest absolute Gasteiger partial charge is 0.346 e. The van der Waals surface area contributed by atoms with Gasteiger partial charge in [-0.1, -0.05) is 24.3 Å². The maximum Gasteiger partial charge on any atom is 0.268 e. The Bertz CT molecular complexity index is 540. The number of hydrogen-bond acceptors (Lipinski definition) is 2. The lowest BCUT2D eigenvalue weighted by Gasteiger charge is -2.21. The molecule has 0 aliphatic carbocycles. The summed E-state index contributed by atoms with van der Waals surface area (Å²) in [7, 11) is 0. The van der Waals surface area contributed by atoms with Gasteiger partial charge >= 0.3 is 0 Å². The quantitative estimate of drug-likeness (QED) is 0.831. The summed E-state index contributed by atoms with van der Waals surface area (Å²) >= 11 is 0. The van der Waals surface area contributed by atoms with Crippen molar-refractivity contribution in [3.05, 3.63) is 41.1 Å². The molecule has 0 saturated heterocycles. The van der Waals surface area contributed by atoms with Gasteiger partial charge in [0.1, 0.15) is 5.70 Å². The average Bonchev–Trinajstić information content (AvgIpc) is 2.28. The van der Waals surface area contributed by atoms with Crippen molar-refractivity contribution in [2.24, 2.45) is 0 Å². The number of hydrogen-bond donors (Lipinski definition) is 2. The first-order chi connectivity index (χ1) is 9.19. The van der Waals surface area contributed by atoms with Gasteiger partial charge in [-0.2, -0.15) is 0 Å². The molecule has 4 nitrogen and oxygen atoms in total. The number of nitrogens with one attached hydrogen (secondary N) is 2. The topological polar surface area (TPSA) is 58.2 Å². The van der Waals surface area contributed by atoms with E-state index >= 15 is 0 Å². The van der Waals surface area contributed by atoms with Crippen molar-refractivity contribution in [1.82, 2.24) is 10.6 Å². The first kappa shape index (κ1) is 16.0. The van der Waals surface area contributed by atoms with Crippen LogP contribution in [0.4, 0.5) is 0 Å². The van der Waals surface area contributed by atoms with E-state index in [2.05, 4.69) is 10.6 Å². The average molecular weight is 274 g/mol. The maximum atomic E-state index is 12.2. The number of amides is 2. The van der Waals surface area contributed by atoms with Gasteiger partial charge in [-0.3, -0.25) is 9.59 Å². The van der Waals surface area contributed by atoms with Gasteiger partial charge in [0.2, 0.25) is 5.91 Å². The van der Waals surface area contributed by atoms with Crippen molar-refractivity contribution in [3.8, 4) is 0 Å². The first-order valence-electron chi connectivity index (χ1n) is 6.56. The number of rotatable bonds is 3. The van der Waals surface area contributed by atoms with Crippen LogP contribution in [0.1, 0.15) is 38.8 Å². The summed E-state index contributed by atoms with van der Waals surface area (Å²) in [5, 5.41) is 5.43. The molecule has 2 amide bonds. The molecule has 20 heavy (non-hydrogen) atoms. The number of benzene rings is 1. The second-order valence-corrected chi connectivity index (χ2v) is 5.80. The van der Waals surface area contributed by atoms with Gasteiger partial charge in [-0.15, -0.1) is 0 Å². The van der Waals surface area contributed by atoms with Crippen molar-refractivity contribution >= 4 is 17.9 Å². The van der Waals surface area contributed by atoms with Crippen molar-refractivity contribution in [2.75, 3.05) is 0 Å². The van der Waals surface area contributed by atoms with Crippen LogP contribution in [0.5, 0.6) is 0 Å². The molecule has 1 aromatic carbocycles. The third kappa shape index (κ3) is 5.26. The van der Waals surface area contributed by atoms with Crippen LogP contribution in [0.2, 0.25) is 0 Å². The summed E-state index contributed by atoms with van der Waals surface area (Å²) in [5.41, 5.74) is 1.83. The minimum atomic E-state index is -0.361. The highest BCUT2D eigenvalue weighted by Gasteiger charge is 2.18. The van der Waals surface area contributed by atoms with Crippen LogP contribution in [-0.2, 0) is 9.59 Å². The van der Waals surface area contributed by atoms with Gasteiger partial charge in [-0.05, 0) is 44.9 Å². The molecule has 108 valence electrons. The van der Waals surface area contributed by atoms with E-state index < -0.39 is 0 Å². The third-order valence-electron chi connectivity index (χ3n) is 2.53. The minimum absolute atomic E-state index is 0.252. The number of aryl methyl sites for hydroxylation is 1. The molecule has 1 aromatic rings. The predicted molar refractivity (Wildman–Crippen MR) is 80.9 cm³/mol. The molecule has 0 saturated carbocycles. The molecule has 0 bridgehead atoms. The summed E-state index contributed by atoms with van der Waals surface area (Å²) in [6, 6.07) is 7.69. The van der Waals surface area contributed by atoms with Gasteiger partial charge < -0.3 is 10.6 Å². The Hall–Kier alpha value is -2.10. The fourth-order valence-electron chi connectivity index (χ4n) is 1.66. The highest BCUT2D eigenvalue weighted by molar-refractivity contribution is 6.01. The Balaban J connectivity index is 3.09. The molecule has 0 aromatic heterocycles. The van der Waals surface area contributed by atoms with E-state index in [-0.39, 0.29) is 23.1 Å². The third-order valence-corrected chi connectivity index (χ3v) is 2.53. The molecule has 0 aliphatic rings. The summed E-state index contributed by atoms with van der Waals surface area (Å²) in [6.07, 6.45) is 1.69. The number of carbonyl (C=O) groups is 2. The zero-order valence-corrected chi connectivity index (χ0v) is 12.7. The molecular formula is C16H22N2O2. The van der Waals surface area contributed by atoms with Gasteiger partial charge in [0.15, 0.2) is 0 Å². The van der Waals surface area contributed by atoms with Crippen LogP contribution in [0.15, 0.2) is 30.0 Å². The smallest absolute Gasteiger partial charge is 0.268 e. The van der Waals surface area contributed by atoms with Crippen LogP contribution >= 0.6 is 0 Å². The fraction of sp³-hybridized carbons (Fsp3) is 0.375. The van der Waals surface area contributed by atoms with Crippen LogP contribution in [-0.4, -0.2) is 17.4 Å². The van der Waals surface area contributed by atoms with E-state index in [9.17, 15) is 9.59 Å². The molecule has 0 aliphatic heterocycles. The van der Waals surface area contributed by atoms with Crippen LogP contribution in [0.3, 0.4) is 0 Å². The lowest BCUT2D eigenvalue weighted by molar-refractivity contribution is -0.123. The molecule has 0 radical (unpaired) electrons. The molecule has 1 rings (SSSR count). The zero-order valence-electron chi connectivity index (χ0n) is 12.7. The van der Waals surface area contributed by atoms with Crippen molar-refractivity contribution < 1.29 is 9.59 Å². The second-order valence-electron chi connectivity index (χ2n) is 5.80.